The van der Waals surface area contributed by atoms with E-state index in [4.69, 9.17) is 10.5 Å². The number of benzene rings is 1. The fraction of sp³-hybridized carbons (Fsp3) is 0.158. The molecule has 0 spiro atoms. The lowest BCUT2D eigenvalue weighted by atomic mass is 10.0. The molecule has 4 rings (SSSR count). The number of fused-ring (bicyclic) bond motifs is 1. The van der Waals surface area contributed by atoms with Gasteiger partial charge < -0.3 is 15.8 Å². The summed E-state index contributed by atoms with van der Waals surface area (Å²) >= 11 is 1.39. The van der Waals surface area contributed by atoms with Gasteiger partial charge in [0.1, 0.15) is 10.8 Å². The Morgan fingerprint density at radius 1 is 1.46 bits per heavy atom. The maximum atomic E-state index is 13.7. The molecule has 2 aliphatic rings. The van der Waals surface area contributed by atoms with Crippen molar-refractivity contribution in [3.05, 3.63) is 46.1 Å². The number of ether oxygens (including phenoxy) is 1. The number of nitrogens with one attached hydrogen (secondary N) is 1. The molecule has 0 saturated carbocycles. The van der Waals surface area contributed by atoms with Crippen molar-refractivity contribution in [2.45, 2.75) is 13.0 Å². The van der Waals surface area contributed by atoms with Crippen LogP contribution < -0.4 is 15.8 Å². The van der Waals surface area contributed by atoms with Gasteiger partial charge in [0.2, 0.25) is 0 Å². The predicted molar refractivity (Wildman–Crippen MR) is 99.3 cm³/mol. The van der Waals surface area contributed by atoms with Gasteiger partial charge in [0.15, 0.2) is 12.4 Å². The van der Waals surface area contributed by atoms with Crippen LogP contribution in [-0.4, -0.2) is 23.5 Å². The van der Waals surface area contributed by atoms with Crippen molar-refractivity contribution in [1.29, 1.82) is 0 Å². The van der Waals surface area contributed by atoms with Gasteiger partial charge in [0.05, 0.1) is 17.4 Å². The minimum Gasteiger partial charge on any atom is -0.482 e. The summed E-state index contributed by atoms with van der Waals surface area (Å²) in [5.41, 5.74) is 9.55. The molecule has 1 aliphatic carbocycles. The van der Waals surface area contributed by atoms with Crippen LogP contribution in [0.2, 0.25) is 0 Å². The standard InChI is InChI=1S/C19H14FN3O2S/c1-10-14(4-5-16-18(10)23-17(24)8-25-16)15-9-26-19(22-15)11-6-12(20)2-3-13(21)7-11/h4-7,9,13H,8,21H2,1H3,(H,23,24). The number of hydrogen-bond acceptors (Lipinski definition) is 5. The van der Waals surface area contributed by atoms with Gasteiger partial charge in [-0.3, -0.25) is 4.79 Å². The number of thiazole rings is 1. The van der Waals surface area contributed by atoms with Crippen molar-refractivity contribution in [3.8, 4) is 28.8 Å². The fourth-order valence-electron chi connectivity index (χ4n) is 2.83. The molecule has 7 heteroatoms. The second kappa shape index (κ2) is 6.41. The number of halogens is 1. The summed E-state index contributed by atoms with van der Waals surface area (Å²) in [6, 6.07) is 3.17. The summed E-state index contributed by atoms with van der Waals surface area (Å²) in [5.74, 6) is 4.90. The van der Waals surface area contributed by atoms with Crippen LogP contribution in [0.4, 0.5) is 10.1 Å². The van der Waals surface area contributed by atoms with Crippen molar-refractivity contribution in [3.63, 3.8) is 0 Å². The maximum absolute atomic E-state index is 13.7. The largest absolute Gasteiger partial charge is 0.482 e. The molecular weight excluding hydrogens is 353 g/mol. The van der Waals surface area contributed by atoms with Gasteiger partial charge in [-0.1, -0.05) is 5.92 Å². The number of allylic oxidation sites excluding steroid dienone is 3. The van der Waals surface area contributed by atoms with E-state index >= 15 is 0 Å². The molecule has 130 valence electrons. The Labute approximate surface area is 153 Å². The topological polar surface area (TPSA) is 77.2 Å². The molecule has 26 heavy (non-hydrogen) atoms. The lowest BCUT2D eigenvalue weighted by Gasteiger charge is -2.21. The first-order valence-corrected chi connectivity index (χ1v) is 8.78. The van der Waals surface area contributed by atoms with Crippen molar-refractivity contribution in [2.75, 3.05) is 11.9 Å². The average molecular weight is 367 g/mol. The maximum Gasteiger partial charge on any atom is 0.262 e. The fourth-order valence-corrected chi connectivity index (χ4v) is 3.65. The summed E-state index contributed by atoms with van der Waals surface area (Å²) in [5, 5.41) is 5.37. The molecule has 1 atom stereocenters. The number of carbonyl (C=O) groups is 1. The third kappa shape index (κ3) is 3.01. The minimum atomic E-state index is -0.542. The average Bonchev–Trinajstić information content (AvgIpc) is 3.03. The molecule has 3 N–H and O–H groups in total. The Kier molecular flexibility index (Phi) is 4.07. The Balaban J connectivity index is 1.72. The highest BCUT2D eigenvalue weighted by molar-refractivity contribution is 7.11. The van der Waals surface area contributed by atoms with Gasteiger partial charge in [-0.15, -0.1) is 11.3 Å². The zero-order chi connectivity index (χ0) is 18.3. The summed E-state index contributed by atoms with van der Waals surface area (Å²) in [6.07, 6.45) is 3.03. The quantitative estimate of drug-likeness (QED) is 0.800. The highest BCUT2D eigenvalue weighted by Crippen LogP contribution is 2.38. The number of anilines is 1. The number of nitrogens with zero attached hydrogens (tertiary/aromatic N) is 1. The van der Waals surface area contributed by atoms with Crippen LogP contribution in [0.5, 0.6) is 5.75 Å². The SMILES string of the molecule is Cc1c(-c2csc(C3=CC(N)C#CC(F)=C3)n2)ccc2c1NC(=O)CO2. The molecule has 1 aromatic heterocycles. The van der Waals surface area contributed by atoms with E-state index in [0.717, 1.165) is 16.8 Å². The van der Waals surface area contributed by atoms with Crippen LogP contribution in [0.1, 0.15) is 10.6 Å². The molecule has 1 aromatic carbocycles. The predicted octanol–water partition coefficient (Wildman–Crippen LogP) is 3.03. The normalized spacial score (nSPS) is 18.4. The number of hydrogen-bond donors (Lipinski definition) is 2. The van der Waals surface area contributed by atoms with E-state index in [0.29, 0.717) is 22.0 Å². The molecular formula is C19H14FN3O2S. The van der Waals surface area contributed by atoms with Crippen LogP contribution >= 0.6 is 11.3 Å². The smallest absolute Gasteiger partial charge is 0.262 e. The molecule has 0 radical (unpaired) electrons. The zero-order valence-corrected chi connectivity index (χ0v) is 14.6. The molecule has 1 unspecified atom stereocenters. The number of nitrogens with two attached hydrogens (primary N) is 1. The summed E-state index contributed by atoms with van der Waals surface area (Å²) in [7, 11) is 0. The summed E-state index contributed by atoms with van der Waals surface area (Å²) in [4.78, 5) is 16.2. The van der Waals surface area contributed by atoms with E-state index in [9.17, 15) is 9.18 Å². The molecule has 5 nitrogen and oxygen atoms in total. The van der Waals surface area contributed by atoms with E-state index in [1.807, 2.05) is 24.4 Å². The third-order valence-electron chi connectivity index (χ3n) is 4.08. The Morgan fingerprint density at radius 3 is 3.15 bits per heavy atom. The first-order chi connectivity index (χ1) is 12.5. The first-order valence-electron chi connectivity index (χ1n) is 7.90. The summed E-state index contributed by atoms with van der Waals surface area (Å²) < 4.78 is 19.1. The van der Waals surface area contributed by atoms with Crippen molar-refractivity contribution in [1.82, 2.24) is 4.98 Å². The molecule has 0 bridgehead atoms. The molecule has 2 aromatic rings. The first kappa shape index (κ1) is 16.5. The number of carbonyl (C=O) groups excluding carboxylic acids is 1. The molecule has 2 heterocycles. The molecule has 1 amide bonds. The number of aromatic nitrogens is 1. The lowest BCUT2D eigenvalue weighted by molar-refractivity contribution is -0.118. The van der Waals surface area contributed by atoms with E-state index < -0.39 is 11.9 Å². The van der Waals surface area contributed by atoms with Gasteiger partial charge in [-0.2, -0.15) is 4.39 Å². The second-order valence-electron chi connectivity index (χ2n) is 5.90. The Bertz CT molecular complexity index is 1040. The molecule has 0 saturated heterocycles. The number of rotatable bonds is 2. The Morgan fingerprint density at radius 2 is 2.31 bits per heavy atom. The van der Waals surface area contributed by atoms with E-state index in [1.165, 1.54) is 17.4 Å². The highest BCUT2D eigenvalue weighted by Gasteiger charge is 2.21. The van der Waals surface area contributed by atoms with Gasteiger partial charge in [-0.05, 0) is 42.7 Å². The van der Waals surface area contributed by atoms with Gasteiger partial charge >= 0.3 is 0 Å². The van der Waals surface area contributed by atoms with Gasteiger partial charge in [0, 0.05) is 16.5 Å². The van der Waals surface area contributed by atoms with Crippen LogP contribution in [0.25, 0.3) is 16.8 Å². The third-order valence-corrected chi connectivity index (χ3v) is 4.97. The van der Waals surface area contributed by atoms with Crippen molar-refractivity contribution >= 4 is 28.5 Å². The van der Waals surface area contributed by atoms with Gasteiger partial charge in [-0.25, -0.2) is 4.98 Å². The van der Waals surface area contributed by atoms with Gasteiger partial charge in [0.25, 0.3) is 5.91 Å². The zero-order valence-electron chi connectivity index (χ0n) is 13.8. The summed E-state index contributed by atoms with van der Waals surface area (Å²) in [6.45, 7) is 1.91. The molecule has 1 aliphatic heterocycles. The lowest BCUT2D eigenvalue weighted by Crippen LogP contribution is -2.26. The van der Waals surface area contributed by atoms with Crippen LogP contribution in [0.3, 0.4) is 0 Å². The van der Waals surface area contributed by atoms with E-state index in [2.05, 4.69) is 22.1 Å². The van der Waals surface area contributed by atoms with Crippen LogP contribution in [0.15, 0.2) is 35.5 Å². The van der Waals surface area contributed by atoms with Crippen molar-refractivity contribution < 1.29 is 13.9 Å². The molecule has 0 fully saturated rings. The van der Waals surface area contributed by atoms with Crippen LogP contribution in [0, 0.1) is 18.8 Å². The van der Waals surface area contributed by atoms with E-state index in [1.54, 1.807) is 6.08 Å². The Hall–Kier alpha value is -2.95. The van der Waals surface area contributed by atoms with Crippen molar-refractivity contribution in [2.24, 2.45) is 5.73 Å². The number of amides is 1. The minimum absolute atomic E-state index is 0.0149. The monoisotopic (exact) mass is 367 g/mol. The van der Waals surface area contributed by atoms with E-state index in [-0.39, 0.29) is 12.5 Å². The van der Waals surface area contributed by atoms with Crippen LogP contribution in [-0.2, 0) is 4.79 Å². The second-order valence-corrected chi connectivity index (χ2v) is 6.75. The highest BCUT2D eigenvalue weighted by atomic mass is 32.1.